The van der Waals surface area contributed by atoms with Gasteiger partial charge in [0.25, 0.3) is 0 Å². The molecule has 0 unspecified atom stereocenters. The van der Waals surface area contributed by atoms with E-state index in [0.29, 0.717) is 6.54 Å². The van der Waals surface area contributed by atoms with E-state index in [1.165, 1.54) is 0 Å². The van der Waals surface area contributed by atoms with Crippen molar-refractivity contribution in [1.82, 2.24) is 15.0 Å². The summed E-state index contributed by atoms with van der Waals surface area (Å²) in [6.07, 6.45) is 2.66. The maximum absolute atomic E-state index is 5.63. The Labute approximate surface area is 121 Å². The molecule has 0 amide bonds. The average Bonchev–Trinajstić information content (AvgIpc) is 2.90. The van der Waals surface area contributed by atoms with Crippen molar-refractivity contribution in [2.45, 2.75) is 20.3 Å². The van der Waals surface area contributed by atoms with Crippen molar-refractivity contribution < 1.29 is 0 Å². The smallest absolute Gasteiger partial charge is 0.161 e. The summed E-state index contributed by atoms with van der Waals surface area (Å²) in [5.41, 5.74) is 10.8. The number of thiophene rings is 1. The van der Waals surface area contributed by atoms with Crippen LogP contribution < -0.4 is 5.73 Å². The average molecular weight is 284 g/mol. The highest BCUT2D eigenvalue weighted by Gasteiger charge is 2.10. The molecule has 0 saturated carbocycles. The van der Waals surface area contributed by atoms with Crippen LogP contribution in [0.25, 0.3) is 21.6 Å². The number of hydrogen-bond acceptors (Lipinski definition) is 5. The molecule has 4 nitrogen and oxygen atoms in total. The second kappa shape index (κ2) is 5.26. The van der Waals surface area contributed by atoms with Crippen LogP contribution in [0.5, 0.6) is 0 Å². The van der Waals surface area contributed by atoms with Crippen LogP contribution >= 0.6 is 11.3 Å². The van der Waals surface area contributed by atoms with Gasteiger partial charge in [-0.1, -0.05) is 0 Å². The van der Waals surface area contributed by atoms with Crippen LogP contribution in [0.4, 0.5) is 0 Å². The summed E-state index contributed by atoms with van der Waals surface area (Å²) < 4.78 is 1.16. The van der Waals surface area contributed by atoms with E-state index < -0.39 is 0 Å². The Hall–Kier alpha value is -1.85. The minimum absolute atomic E-state index is 0.618. The summed E-state index contributed by atoms with van der Waals surface area (Å²) in [6.45, 7) is 4.65. The molecule has 3 aromatic heterocycles. The van der Waals surface area contributed by atoms with Crippen molar-refractivity contribution in [2.75, 3.05) is 6.54 Å². The largest absolute Gasteiger partial charge is 0.330 e. The number of pyridine rings is 1. The fraction of sp³-hybridized carbons (Fsp3) is 0.267. The number of hydrogen-bond donors (Lipinski definition) is 1. The van der Waals surface area contributed by atoms with Crippen molar-refractivity contribution >= 4 is 21.6 Å². The van der Waals surface area contributed by atoms with Gasteiger partial charge in [-0.15, -0.1) is 11.3 Å². The van der Waals surface area contributed by atoms with E-state index in [-0.39, 0.29) is 0 Å². The quantitative estimate of drug-likeness (QED) is 0.803. The zero-order chi connectivity index (χ0) is 14.1. The lowest BCUT2D eigenvalue weighted by Crippen LogP contribution is -2.09. The van der Waals surface area contributed by atoms with Crippen LogP contribution in [0.2, 0.25) is 0 Å². The molecule has 0 fully saturated rings. The Balaban J connectivity index is 2.09. The third-order valence-corrected chi connectivity index (χ3v) is 4.23. The minimum atomic E-state index is 0.618. The van der Waals surface area contributed by atoms with Gasteiger partial charge in [-0.05, 0) is 49.9 Å². The second-order valence-electron chi connectivity index (χ2n) is 4.76. The molecule has 0 aliphatic carbocycles. The van der Waals surface area contributed by atoms with Crippen LogP contribution in [0.15, 0.2) is 23.7 Å². The van der Waals surface area contributed by atoms with Crippen molar-refractivity contribution in [3.8, 4) is 11.4 Å². The molecule has 0 saturated heterocycles. The maximum atomic E-state index is 5.63. The van der Waals surface area contributed by atoms with E-state index >= 15 is 0 Å². The van der Waals surface area contributed by atoms with Gasteiger partial charge in [-0.25, -0.2) is 9.97 Å². The van der Waals surface area contributed by atoms with Crippen LogP contribution in [0.1, 0.15) is 17.0 Å². The van der Waals surface area contributed by atoms with E-state index in [4.69, 9.17) is 5.73 Å². The van der Waals surface area contributed by atoms with Gasteiger partial charge in [-0.2, -0.15) is 0 Å². The molecule has 102 valence electrons. The molecule has 0 aliphatic rings. The van der Waals surface area contributed by atoms with Gasteiger partial charge >= 0.3 is 0 Å². The first-order chi connectivity index (χ1) is 9.69. The second-order valence-corrected chi connectivity index (χ2v) is 5.71. The summed E-state index contributed by atoms with van der Waals surface area (Å²) in [4.78, 5) is 13.7. The van der Waals surface area contributed by atoms with Gasteiger partial charge in [-0.3, -0.25) is 4.98 Å². The molecule has 0 spiro atoms. The molecule has 3 rings (SSSR count). The van der Waals surface area contributed by atoms with E-state index in [2.05, 4.69) is 21.0 Å². The zero-order valence-electron chi connectivity index (χ0n) is 11.6. The van der Waals surface area contributed by atoms with Crippen LogP contribution in [-0.2, 0) is 6.42 Å². The molecule has 20 heavy (non-hydrogen) atoms. The first-order valence-corrected chi connectivity index (χ1v) is 7.45. The van der Waals surface area contributed by atoms with Crippen LogP contribution in [0, 0.1) is 13.8 Å². The van der Waals surface area contributed by atoms with Crippen molar-refractivity contribution in [2.24, 2.45) is 5.73 Å². The van der Waals surface area contributed by atoms with E-state index in [1.54, 1.807) is 11.3 Å². The van der Waals surface area contributed by atoms with E-state index in [1.807, 2.05) is 31.5 Å². The molecule has 0 aromatic carbocycles. The molecule has 0 radical (unpaired) electrons. The Morgan fingerprint density at radius 2 is 1.95 bits per heavy atom. The van der Waals surface area contributed by atoms with Crippen LogP contribution in [0.3, 0.4) is 0 Å². The summed E-state index contributed by atoms with van der Waals surface area (Å²) in [5.74, 6) is 0.739. The van der Waals surface area contributed by atoms with Gasteiger partial charge in [0.2, 0.25) is 0 Å². The van der Waals surface area contributed by atoms with Gasteiger partial charge in [0.15, 0.2) is 5.82 Å². The molecule has 0 bridgehead atoms. The highest BCUT2D eigenvalue weighted by atomic mass is 32.1. The fourth-order valence-electron chi connectivity index (χ4n) is 2.34. The topological polar surface area (TPSA) is 64.7 Å². The summed E-state index contributed by atoms with van der Waals surface area (Å²) in [7, 11) is 0. The third kappa shape index (κ3) is 2.30. The van der Waals surface area contributed by atoms with Crippen molar-refractivity contribution in [3.05, 3.63) is 40.7 Å². The van der Waals surface area contributed by atoms with Crippen molar-refractivity contribution in [3.63, 3.8) is 0 Å². The van der Waals surface area contributed by atoms with Gasteiger partial charge in [0.1, 0.15) is 0 Å². The molecular weight excluding hydrogens is 268 g/mol. The van der Waals surface area contributed by atoms with Gasteiger partial charge < -0.3 is 5.73 Å². The lowest BCUT2D eigenvalue weighted by molar-refractivity contribution is 0.898. The highest BCUT2D eigenvalue weighted by Crippen LogP contribution is 2.25. The maximum Gasteiger partial charge on any atom is 0.161 e. The lowest BCUT2D eigenvalue weighted by Gasteiger charge is -2.10. The standard InChI is InChI=1S/C15H16N4S/c1-9-12(3-5-16)10(2)19-15(18-9)11-7-14-13(17-8-11)4-6-20-14/h4,6-8H,3,5,16H2,1-2H3. The third-order valence-electron chi connectivity index (χ3n) is 3.38. The molecule has 0 aliphatic heterocycles. The molecule has 2 N–H and O–H groups in total. The fourth-order valence-corrected chi connectivity index (χ4v) is 3.12. The number of aromatic nitrogens is 3. The number of aryl methyl sites for hydroxylation is 2. The van der Waals surface area contributed by atoms with E-state index in [9.17, 15) is 0 Å². The zero-order valence-corrected chi connectivity index (χ0v) is 12.4. The Morgan fingerprint density at radius 1 is 1.20 bits per heavy atom. The first-order valence-electron chi connectivity index (χ1n) is 6.57. The monoisotopic (exact) mass is 284 g/mol. The van der Waals surface area contributed by atoms with Gasteiger partial charge in [0.05, 0.1) is 10.2 Å². The number of nitrogens with zero attached hydrogens (tertiary/aromatic N) is 3. The summed E-state index contributed by atoms with van der Waals surface area (Å²) in [6, 6.07) is 4.12. The first kappa shape index (κ1) is 13.1. The molecule has 0 atom stereocenters. The van der Waals surface area contributed by atoms with E-state index in [0.717, 1.165) is 45.0 Å². The Kier molecular flexibility index (Phi) is 3.46. The molecule has 5 heteroatoms. The Bertz CT molecular complexity index is 740. The highest BCUT2D eigenvalue weighted by molar-refractivity contribution is 7.17. The predicted octanol–water partition coefficient (Wildman–Crippen LogP) is 2.87. The molecule has 3 heterocycles. The predicted molar refractivity (Wildman–Crippen MR) is 82.9 cm³/mol. The Morgan fingerprint density at radius 3 is 2.65 bits per heavy atom. The molecular formula is C15H16N4S. The number of nitrogens with two attached hydrogens (primary N) is 1. The summed E-state index contributed by atoms with van der Waals surface area (Å²) >= 11 is 1.68. The number of fused-ring (bicyclic) bond motifs is 1. The summed E-state index contributed by atoms with van der Waals surface area (Å²) in [5, 5.41) is 2.04. The van der Waals surface area contributed by atoms with Crippen molar-refractivity contribution in [1.29, 1.82) is 0 Å². The SMILES string of the molecule is Cc1nc(-c2cnc3ccsc3c2)nc(C)c1CCN. The minimum Gasteiger partial charge on any atom is -0.330 e. The normalized spacial score (nSPS) is 11.2. The number of rotatable bonds is 3. The molecule has 3 aromatic rings. The van der Waals surface area contributed by atoms with Gasteiger partial charge in [0, 0.05) is 23.1 Å². The lowest BCUT2D eigenvalue weighted by atomic mass is 10.1. The van der Waals surface area contributed by atoms with Crippen LogP contribution in [-0.4, -0.2) is 21.5 Å².